The fraction of sp³-hybridized carbons (Fsp3) is 0.600. The number of aliphatic hydroxyl groups excluding tert-OH is 1. The largest absolute Gasteiger partial charge is 0.478 e. The lowest BCUT2D eigenvalue weighted by Crippen LogP contribution is -2.35. The van der Waals surface area contributed by atoms with E-state index in [1.165, 1.54) is 6.92 Å². The normalized spacial score (nSPS) is 12.0. The van der Waals surface area contributed by atoms with Gasteiger partial charge in [-0.1, -0.05) is 6.92 Å². The number of carbonyl (C=O) groups is 1. The second-order valence-electron chi connectivity index (χ2n) is 3.96. The number of hydrogen-bond donors (Lipinski definition) is 3. The molecule has 9 heteroatoms. The van der Waals surface area contributed by atoms with Gasteiger partial charge < -0.3 is 10.2 Å². The molecule has 1 rings (SSSR count). The van der Waals surface area contributed by atoms with Crippen LogP contribution < -0.4 is 0 Å². The molecular formula is C10H17N3O5S. The van der Waals surface area contributed by atoms with Crippen molar-refractivity contribution in [2.75, 3.05) is 19.7 Å². The Kier molecular flexibility index (Phi) is 5.04. The number of aromatic amines is 1. The van der Waals surface area contributed by atoms with Crippen LogP contribution in [0, 0.1) is 6.92 Å². The molecule has 0 unspecified atom stereocenters. The quantitative estimate of drug-likeness (QED) is 0.639. The number of rotatable bonds is 7. The van der Waals surface area contributed by atoms with Gasteiger partial charge in [-0.2, -0.15) is 9.40 Å². The minimum Gasteiger partial charge on any atom is -0.478 e. The molecule has 1 aromatic heterocycles. The lowest BCUT2D eigenvalue weighted by molar-refractivity contribution is 0.0691. The fourth-order valence-electron chi connectivity index (χ4n) is 1.68. The Labute approximate surface area is 111 Å². The number of carboxylic acid groups (broad SMARTS) is 1. The topological polar surface area (TPSA) is 124 Å². The average Bonchev–Trinajstić information content (AvgIpc) is 2.71. The third-order valence-electron chi connectivity index (χ3n) is 2.53. The van der Waals surface area contributed by atoms with E-state index in [4.69, 9.17) is 10.2 Å². The molecule has 8 nitrogen and oxygen atoms in total. The maximum atomic E-state index is 12.3. The molecular weight excluding hydrogens is 274 g/mol. The molecule has 0 atom stereocenters. The monoisotopic (exact) mass is 291 g/mol. The number of aryl methyl sites for hydroxylation is 1. The predicted molar refractivity (Wildman–Crippen MR) is 66.4 cm³/mol. The van der Waals surface area contributed by atoms with Crippen molar-refractivity contribution in [3.63, 3.8) is 0 Å². The Morgan fingerprint density at radius 3 is 2.53 bits per heavy atom. The molecule has 19 heavy (non-hydrogen) atoms. The predicted octanol–water partition coefficient (Wildman–Crippen LogP) is -0.191. The Hall–Kier alpha value is -1.45. The second kappa shape index (κ2) is 6.13. The van der Waals surface area contributed by atoms with Gasteiger partial charge in [-0.25, -0.2) is 13.2 Å². The number of aromatic carboxylic acids is 1. The molecule has 0 saturated heterocycles. The van der Waals surface area contributed by atoms with Gasteiger partial charge >= 0.3 is 5.97 Å². The van der Waals surface area contributed by atoms with E-state index < -0.39 is 21.0 Å². The van der Waals surface area contributed by atoms with E-state index in [9.17, 15) is 13.2 Å². The Balaban J connectivity index is 3.29. The highest BCUT2D eigenvalue weighted by molar-refractivity contribution is 7.89. The Morgan fingerprint density at radius 1 is 1.42 bits per heavy atom. The minimum absolute atomic E-state index is 0.0961. The molecule has 0 spiro atoms. The van der Waals surface area contributed by atoms with E-state index in [0.29, 0.717) is 6.42 Å². The highest BCUT2D eigenvalue weighted by Crippen LogP contribution is 2.20. The van der Waals surface area contributed by atoms with Crippen LogP contribution in [0.15, 0.2) is 5.03 Å². The Bertz CT molecular complexity index is 546. The molecule has 0 aliphatic carbocycles. The number of aromatic nitrogens is 2. The molecule has 0 fully saturated rings. The van der Waals surface area contributed by atoms with Gasteiger partial charge in [0.05, 0.1) is 6.61 Å². The highest BCUT2D eigenvalue weighted by Gasteiger charge is 2.32. The van der Waals surface area contributed by atoms with E-state index in [1.807, 2.05) is 0 Å². The van der Waals surface area contributed by atoms with E-state index in [0.717, 1.165) is 4.31 Å². The summed E-state index contributed by atoms with van der Waals surface area (Å²) in [5, 5.41) is 23.4. The molecule has 3 N–H and O–H groups in total. The molecule has 108 valence electrons. The molecule has 0 aliphatic heterocycles. The fourth-order valence-corrected chi connectivity index (χ4v) is 3.33. The first-order chi connectivity index (χ1) is 8.86. The summed E-state index contributed by atoms with van der Waals surface area (Å²) in [6, 6.07) is 0. The van der Waals surface area contributed by atoms with Crippen LogP contribution in [0.25, 0.3) is 0 Å². The summed E-state index contributed by atoms with van der Waals surface area (Å²) in [5.74, 6) is -1.36. The molecule has 1 heterocycles. The zero-order chi connectivity index (χ0) is 14.6. The van der Waals surface area contributed by atoms with Crippen molar-refractivity contribution < 1.29 is 23.4 Å². The standard InChI is InChI=1S/C10H17N3O5S/c1-3-4-13(5-6-14)19(17,18)9-8(10(15)16)7(2)11-12-9/h14H,3-6H2,1-2H3,(H,11,12)(H,15,16). The van der Waals surface area contributed by atoms with Crippen molar-refractivity contribution >= 4 is 16.0 Å². The first kappa shape index (κ1) is 15.6. The molecule has 0 aliphatic rings. The first-order valence-electron chi connectivity index (χ1n) is 5.75. The maximum Gasteiger partial charge on any atom is 0.340 e. The number of nitrogens with one attached hydrogen (secondary N) is 1. The second-order valence-corrected chi connectivity index (χ2v) is 5.81. The lowest BCUT2D eigenvalue weighted by Gasteiger charge is -2.19. The van der Waals surface area contributed by atoms with Crippen molar-refractivity contribution in [3.05, 3.63) is 11.3 Å². The summed E-state index contributed by atoms with van der Waals surface area (Å²) in [7, 11) is -4.03. The van der Waals surface area contributed by atoms with Gasteiger partial charge in [-0.3, -0.25) is 5.10 Å². The van der Waals surface area contributed by atoms with Gasteiger partial charge in [0, 0.05) is 18.8 Å². The van der Waals surface area contributed by atoms with Crippen LogP contribution in [0.5, 0.6) is 0 Å². The summed E-state index contributed by atoms with van der Waals surface area (Å²) in [6.07, 6.45) is 0.547. The number of nitrogens with zero attached hydrogens (tertiary/aromatic N) is 2. The summed E-state index contributed by atoms with van der Waals surface area (Å²) in [5.41, 5.74) is -0.189. The van der Waals surface area contributed by atoms with Crippen LogP contribution in [0.3, 0.4) is 0 Å². The van der Waals surface area contributed by atoms with Crippen molar-refractivity contribution in [1.82, 2.24) is 14.5 Å². The molecule has 0 bridgehead atoms. The number of H-pyrrole nitrogens is 1. The van der Waals surface area contributed by atoms with Gasteiger partial charge in [0.1, 0.15) is 5.56 Å². The van der Waals surface area contributed by atoms with Crippen molar-refractivity contribution in [1.29, 1.82) is 0 Å². The van der Waals surface area contributed by atoms with Gasteiger partial charge in [0.25, 0.3) is 10.0 Å². The zero-order valence-corrected chi connectivity index (χ0v) is 11.6. The average molecular weight is 291 g/mol. The summed E-state index contributed by atoms with van der Waals surface area (Å²) in [6.45, 7) is 2.97. The molecule has 0 amide bonds. The zero-order valence-electron chi connectivity index (χ0n) is 10.8. The molecule has 1 aromatic rings. The molecule has 0 radical (unpaired) electrons. The third-order valence-corrected chi connectivity index (χ3v) is 4.36. The van der Waals surface area contributed by atoms with Gasteiger partial charge in [-0.05, 0) is 13.3 Å². The number of hydrogen-bond acceptors (Lipinski definition) is 5. The summed E-state index contributed by atoms with van der Waals surface area (Å²) >= 11 is 0. The smallest absolute Gasteiger partial charge is 0.340 e. The number of sulfonamides is 1. The van der Waals surface area contributed by atoms with Crippen LogP contribution in [0.4, 0.5) is 0 Å². The maximum absolute atomic E-state index is 12.3. The molecule has 0 aromatic carbocycles. The Morgan fingerprint density at radius 2 is 2.05 bits per heavy atom. The van der Waals surface area contributed by atoms with Crippen LogP contribution >= 0.6 is 0 Å². The minimum atomic E-state index is -4.03. The van der Waals surface area contributed by atoms with E-state index in [1.54, 1.807) is 6.92 Å². The molecule has 0 saturated carbocycles. The van der Waals surface area contributed by atoms with E-state index >= 15 is 0 Å². The highest BCUT2D eigenvalue weighted by atomic mass is 32.2. The van der Waals surface area contributed by atoms with Crippen molar-refractivity contribution in [2.24, 2.45) is 0 Å². The number of carboxylic acids is 1. The summed E-state index contributed by atoms with van der Waals surface area (Å²) < 4.78 is 25.7. The van der Waals surface area contributed by atoms with Crippen molar-refractivity contribution in [2.45, 2.75) is 25.3 Å². The van der Waals surface area contributed by atoms with Gasteiger partial charge in [0.15, 0.2) is 0 Å². The third kappa shape index (κ3) is 3.11. The van der Waals surface area contributed by atoms with Crippen LogP contribution in [-0.2, 0) is 10.0 Å². The van der Waals surface area contributed by atoms with Gasteiger partial charge in [-0.15, -0.1) is 0 Å². The number of aliphatic hydroxyl groups is 1. The van der Waals surface area contributed by atoms with Crippen LogP contribution in [-0.4, -0.2) is 58.8 Å². The van der Waals surface area contributed by atoms with Crippen molar-refractivity contribution in [3.8, 4) is 0 Å². The van der Waals surface area contributed by atoms with E-state index in [-0.39, 0.29) is 31.0 Å². The van der Waals surface area contributed by atoms with Crippen LogP contribution in [0.1, 0.15) is 29.4 Å². The van der Waals surface area contributed by atoms with E-state index in [2.05, 4.69) is 10.2 Å². The summed E-state index contributed by atoms with van der Waals surface area (Å²) in [4.78, 5) is 11.1. The SMILES string of the molecule is CCCN(CCO)S(=O)(=O)c1n[nH]c(C)c1C(=O)O. The lowest BCUT2D eigenvalue weighted by atomic mass is 10.3. The van der Waals surface area contributed by atoms with Crippen LogP contribution in [0.2, 0.25) is 0 Å². The van der Waals surface area contributed by atoms with Gasteiger partial charge in [0.2, 0.25) is 5.03 Å². The first-order valence-corrected chi connectivity index (χ1v) is 7.19.